The van der Waals surface area contributed by atoms with Crippen molar-refractivity contribution in [3.05, 3.63) is 65.2 Å². The van der Waals surface area contributed by atoms with Crippen LogP contribution in [-0.4, -0.2) is 24.7 Å². The standard InChI is InChI=1S/C17H12F6O2/c18-16(19,20)9-11-6-7-13(14(8-11)25-10-17(21,22)23)15(24)12-4-2-1-3-5-12/h1-8H,9-10H2. The van der Waals surface area contributed by atoms with Gasteiger partial charge >= 0.3 is 12.4 Å². The van der Waals surface area contributed by atoms with E-state index in [4.69, 9.17) is 0 Å². The van der Waals surface area contributed by atoms with Crippen LogP contribution in [0.5, 0.6) is 5.75 Å². The van der Waals surface area contributed by atoms with E-state index < -0.39 is 36.9 Å². The van der Waals surface area contributed by atoms with Gasteiger partial charge in [-0.2, -0.15) is 26.3 Å². The van der Waals surface area contributed by atoms with Crippen molar-refractivity contribution in [2.45, 2.75) is 18.8 Å². The van der Waals surface area contributed by atoms with Crippen LogP contribution >= 0.6 is 0 Å². The molecule has 0 aromatic heterocycles. The predicted octanol–water partition coefficient (Wildman–Crippen LogP) is 4.96. The summed E-state index contributed by atoms with van der Waals surface area (Å²) in [5, 5.41) is 0. The SMILES string of the molecule is O=C(c1ccccc1)c1ccc(CC(F)(F)F)cc1OCC(F)(F)F. The first-order valence-corrected chi connectivity index (χ1v) is 7.04. The Balaban J connectivity index is 2.38. The number of carbonyl (C=O) groups is 1. The highest BCUT2D eigenvalue weighted by atomic mass is 19.4. The summed E-state index contributed by atoms with van der Waals surface area (Å²) in [4.78, 5) is 12.4. The van der Waals surface area contributed by atoms with Gasteiger partial charge < -0.3 is 4.74 Å². The fraction of sp³-hybridized carbons (Fsp3) is 0.235. The van der Waals surface area contributed by atoms with Gasteiger partial charge in [0.25, 0.3) is 0 Å². The van der Waals surface area contributed by atoms with Gasteiger partial charge in [-0.3, -0.25) is 4.79 Å². The molecule has 2 nitrogen and oxygen atoms in total. The van der Waals surface area contributed by atoms with E-state index in [1.165, 1.54) is 12.1 Å². The Morgan fingerprint density at radius 3 is 2.08 bits per heavy atom. The van der Waals surface area contributed by atoms with Crippen LogP contribution in [0.3, 0.4) is 0 Å². The molecule has 0 atom stereocenters. The maximum atomic E-state index is 12.5. The van der Waals surface area contributed by atoms with Crippen LogP contribution in [-0.2, 0) is 6.42 Å². The summed E-state index contributed by atoms with van der Waals surface area (Å²) >= 11 is 0. The third-order valence-electron chi connectivity index (χ3n) is 3.12. The van der Waals surface area contributed by atoms with Crippen molar-refractivity contribution in [3.8, 4) is 5.75 Å². The lowest BCUT2D eigenvalue weighted by molar-refractivity contribution is -0.153. The smallest absolute Gasteiger partial charge is 0.422 e. The van der Waals surface area contributed by atoms with Gasteiger partial charge in [0.2, 0.25) is 0 Å². The van der Waals surface area contributed by atoms with Gasteiger partial charge in [-0.15, -0.1) is 0 Å². The molecule has 0 radical (unpaired) electrons. The molecule has 25 heavy (non-hydrogen) atoms. The van der Waals surface area contributed by atoms with Crippen LogP contribution in [0.4, 0.5) is 26.3 Å². The molecular formula is C17H12F6O2. The van der Waals surface area contributed by atoms with Crippen molar-refractivity contribution in [1.82, 2.24) is 0 Å². The Kier molecular flexibility index (Phi) is 5.39. The summed E-state index contributed by atoms with van der Waals surface area (Å²) in [7, 11) is 0. The Hall–Kier alpha value is -2.51. The lowest BCUT2D eigenvalue weighted by Crippen LogP contribution is -2.20. The summed E-state index contributed by atoms with van der Waals surface area (Å²) in [6.07, 6.45) is -10.6. The van der Waals surface area contributed by atoms with Crippen LogP contribution < -0.4 is 4.74 Å². The van der Waals surface area contributed by atoms with E-state index in [1.54, 1.807) is 18.2 Å². The molecule has 0 amide bonds. The molecule has 2 aromatic carbocycles. The Labute approximate surface area is 139 Å². The monoisotopic (exact) mass is 362 g/mol. The molecule has 0 bridgehead atoms. The fourth-order valence-electron chi connectivity index (χ4n) is 2.12. The van der Waals surface area contributed by atoms with Crippen molar-refractivity contribution in [1.29, 1.82) is 0 Å². The summed E-state index contributed by atoms with van der Waals surface area (Å²) in [6, 6.07) is 10.5. The maximum absolute atomic E-state index is 12.5. The summed E-state index contributed by atoms with van der Waals surface area (Å²) in [5.74, 6) is -1.18. The van der Waals surface area contributed by atoms with Crippen LogP contribution in [0.25, 0.3) is 0 Å². The Morgan fingerprint density at radius 2 is 1.52 bits per heavy atom. The van der Waals surface area contributed by atoms with Gasteiger partial charge in [-0.1, -0.05) is 36.4 Å². The first kappa shape index (κ1) is 18.8. The molecule has 0 aliphatic carbocycles. The van der Waals surface area contributed by atoms with Crippen molar-refractivity contribution < 1.29 is 35.9 Å². The molecule has 0 aliphatic heterocycles. The minimum Gasteiger partial charge on any atom is -0.483 e. The Bertz CT molecular complexity index is 735. The van der Waals surface area contributed by atoms with E-state index in [-0.39, 0.29) is 16.7 Å². The summed E-state index contributed by atoms with van der Waals surface area (Å²) < 4.78 is 79.2. The molecule has 0 saturated carbocycles. The fourth-order valence-corrected chi connectivity index (χ4v) is 2.12. The van der Waals surface area contributed by atoms with Gasteiger partial charge in [0.15, 0.2) is 12.4 Å². The average molecular weight is 362 g/mol. The largest absolute Gasteiger partial charge is 0.483 e. The topological polar surface area (TPSA) is 26.3 Å². The average Bonchev–Trinajstić information content (AvgIpc) is 2.51. The van der Waals surface area contributed by atoms with E-state index in [2.05, 4.69) is 4.74 Å². The molecule has 8 heteroatoms. The van der Waals surface area contributed by atoms with E-state index in [0.717, 1.165) is 18.2 Å². The normalized spacial score (nSPS) is 12.1. The van der Waals surface area contributed by atoms with Crippen molar-refractivity contribution in [2.75, 3.05) is 6.61 Å². The molecule has 0 spiro atoms. The molecule has 0 heterocycles. The number of ether oxygens (including phenoxy) is 1. The van der Waals surface area contributed by atoms with Gasteiger partial charge in [0.1, 0.15) is 5.75 Å². The van der Waals surface area contributed by atoms with E-state index in [1.807, 2.05) is 0 Å². The highest BCUT2D eigenvalue weighted by Gasteiger charge is 2.31. The lowest BCUT2D eigenvalue weighted by atomic mass is 10.00. The second kappa shape index (κ2) is 7.16. The first-order chi connectivity index (χ1) is 11.6. The zero-order valence-electron chi connectivity index (χ0n) is 12.6. The molecule has 0 unspecified atom stereocenters. The van der Waals surface area contributed by atoms with Crippen molar-refractivity contribution in [3.63, 3.8) is 0 Å². The van der Waals surface area contributed by atoms with Crippen molar-refractivity contribution >= 4 is 5.78 Å². The number of ketones is 1. The third-order valence-corrected chi connectivity index (χ3v) is 3.12. The number of benzene rings is 2. The van der Waals surface area contributed by atoms with Crippen LogP contribution in [0.2, 0.25) is 0 Å². The third kappa shape index (κ3) is 5.81. The van der Waals surface area contributed by atoms with Gasteiger partial charge in [-0.05, 0) is 17.7 Å². The van der Waals surface area contributed by atoms with Crippen LogP contribution in [0.1, 0.15) is 21.5 Å². The van der Waals surface area contributed by atoms with Gasteiger partial charge in [0, 0.05) is 5.56 Å². The number of hydrogen-bond donors (Lipinski definition) is 0. The lowest BCUT2D eigenvalue weighted by Gasteiger charge is -2.15. The highest BCUT2D eigenvalue weighted by Crippen LogP contribution is 2.29. The molecular weight excluding hydrogens is 350 g/mol. The number of rotatable bonds is 5. The minimum absolute atomic E-state index is 0.183. The van der Waals surface area contributed by atoms with E-state index in [0.29, 0.717) is 0 Å². The predicted molar refractivity (Wildman–Crippen MR) is 77.6 cm³/mol. The minimum atomic E-state index is -4.69. The second-order valence-corrected chi connectivity index (χ2v) is 5.22. The molecule has 0 fully saturated rings. The zero-order valence-corrected chi connectivity index (χ0v) is 12.6. The van der Waals surface area contributed by atoms with Gasteiger partial charge in [0.05, 0.1) is 12.0 Å². The number of carbonyl (C=O) groups excluding carboxylic acids is 1. The maximum Gasteiger partial charge on any atom is 0.422 e. The quantitative estimate of drug-likeness (QED) is 0.555. The molecule has 2 rings (SSSR count). The molecule has 0 N–H and O–H groups in total. The summed E-state index contributed by atoms with van der Waals surface area (Å²) in [6.45, 7) is -1.71. The second-order valence-electron chi connectivity index (χ2n) is 5.22. The number of hydrogen-bond acceptors (Lipinski definition) is 2. The van der Waals surface area contributed by atoms with Crippen molar-refractivity contribution in [2.24, 2.45) is 0 Å². The molecule has 0 aliphatic rings. The number of halogens is 6. The van der Waals surface area contributed by atoms with Crippen LogP contribution in [0, 0.1) is 0 Å². The summed E-state index contributed by atoms with van der Waals surface area (Å²) in [5.41, 5.74) is -0.349. The molecule has 2 aromatic rings. The van der Waals surface area contributed by atoms with E-state index >= 15 is 0 Å². The highest BCUT2D eigenvalue weighted by molar-refractivity contribution is 6.10. The van der Waals surface area contributed by atoms with Crippen LogP contribution in [0.15, 0.2) is 48.5 Å². The van der Waals surface area contributed by atoms with E-state index in [9.17, 15) is 31.1 Å². The zero-order chi connectivity index (χ0) is 18.7. The number of alkyl halides is 6. The molecule has 0 saturated heterocycles. The Morgan fingerprint density at radius 1 is 0.880 bits per heavy atom. The van der Waals surface area contributed by atoms with Gasteiger partial charge in [-0.25, -0.2) is 0 Å². The molecule has 134 valence electrons. The first-order valence-electron chi connectivity index (χ1n) is 7.04.